The number of carboxylic acid groups (broad SMARTS) is 2. The summed E-state index contributed by atoms with van der Waals surface area (Å²) in [6.45, 7) is 8.31. The first-order chi connectivity index (χ1) is 28.0. The Morgan fingerprint density at radius 2 is 0.793 bits per heavy atom. The number of nitrogens with zero attached hydrogens (tertiary/aromatic N) is 1. The summed E-state index contributed by atoms with van der Waals surface area (Å²) in [4.78, 5) is 50.4. The van der Waals surface area contributed by atoms with Gasteiger partial charge in [0.15, 0.2) is 0 Å². The predicted molar refractivity (Wildman–Crippen MR) is 239 cm³/mol. The van der Waals surface area contributed by atoms with Gasteiger partial charge in [-0.25, -0.2) is 0 Å². The van der Waals surface area contributed by atoms with E-state index in [2.05, 4.69) is 25.7 Å². The third-order valence-corrected chi connectivity index (χ3v) is 12.2. The van der Waals surface area contributed by atoms with Crippen molar-refractivity contribution in [2.75, 3.05) is 33.9 Å². The van der Waals surface area contributed by atoms with E-state index in [1.54, 1.807) is 0 Å². The van der Waals surface area contributed by atoms with Crippen molar-refractivity contribution in [3.05, 3.63) is 0 Å². The summed E-state index contributed by atoms with van der Waals surface area (Å²) < 4.78 is 12.3. The Morgan fingerprint density at radius 3 is 1.17 bits per heavy atom. The van der Waals surface area contributed by atoms with E-state index in [-0.39, 0.29) is 31.4 Å². The number of ether oxygens (including phenoxy) is 2. The van der Waals surface area contributed by atoms with Gasteiger partial charge >= 0.3 is 23.9 Å². The second-order valence-corrected chi connectivity index (χ2v) is 18.0. The van der Waals surface area contributed by atoms with Crippen molar-refractivity contribution < 1.29 is 38.9 Å². The molecule has 0 aliphatic rings. The second kappa shape index (κ2) is 39.0. The molecule has 0 aromatic rings. The van der Waals surface area contributed by atoms with E-state index in [0.29, 0.717) is 31.3 Å². The highest BCUT2D eigenvalue weighted by Gasteiger charge is 2.33. The van der Waals surface area contributed by atoms with E-state index in [9.17, 15) is 19.2 Å². The van der Waals surface area contributed by atoms with Crippen LogP contribution in [0, 0.1) is 17.3 Å². The summed E-state index contributed by atoms with van der Waals surface area (Å²) in [7, 11) is 4.09. The summed E-state index contributed by atoms with van der Waals surface area (Å²) in [5.41, 5.74) is -0.408. The third kappa shape index (κ3) is 34.7. The Morgan fingerprint density at radius 1 is 0.448 bits per heavy atom. The van der Waals surface area contributed by atoms with E-state index in [4.69, 9.17) is 19.7 Å². The number of carboxylic acids is 2. The highest BCUT2D eigenvalue weighted by molar-refractivity contribution is 5.70. The van der Waals surface area contributed by atoms with Gasteiger partial charge in [-0.05, 0) is 77.4 Å². The van der Waals surface area contributed by atoms with Gasteiger partial charge in [0.2, 0.25) is 0 Å². The number of hydrogen-bond acceptors (Lipinski definition) is 7. The van der Waals surface area contributed by atoms with Crippen molar-refractivity contribution in [2.24, 2.45) is 17.3 Å². The van der Waals surface area contributed by atoms with Crippen molar-refractivity contribution in [1.82, 2.24) is 4.90 Å². The normalized spacial score (nSPS) is 12.3. The van der Waals surface area contributed by atoms with Crippen molar-refractivity contribution >= 4 is 23.9 Å². The second-order valence-electron chi connectivity index (χ2n) is 18.0. The smallest absolute Gasteiger partial charge is 0.305 e. The van der Waals surface area contributed by atoms with Gasteiger partial charge in [0.05, 0.1) is 0 Å². The van der Waals surface area contributed by atoms with Crippen LogP contribution in [0.2, 0.25) is 0 Å². The monoisotopic (exact) mass is 824 g/mol. The maximum absolute atomic E-state index is 13.6. The zero-order valence-electron chi connectivity index (χ0n) is 38.6. The SMILES string of the molecule is CCCCC(CCCC)C(CCCC)CCC(=O)OCC(CCCCCCCCCCC(=O)O)(CCCCCCCCCCC(=O)O)COC(=O)CCCCN(C)C. The summed E-state index contributed by atoms with van der Waals surface area (Å²) in [6.07, 6.45) is 33.0. The Kier molecular flexibility index (Phi) is 37.6. The van der Waals surface area contributed by atoms with E-state index in [0.717, 1.165) is 141 Å². The molecule has 0 spiro atoms. The fourth-order valence-electron chi connectivity index (χ4n) is 8.37. The van der Waals surface area contributed by atoms with Crippen LogP contribution >= 0.6 is 0 Å². The Bertz CT molecular complexity index is 959. The lowest BCUT2D eigenvalue weighted by Gasteiger charge is -2.33. The first kappa shape index (κ1) is 55.8. The van der Waals surface area contributed by atoms with Gasteiger partial charge in [-0.3, -0.25) is 19.2 Å². The van der Waals surface area contributed by atoms with Crippen LogP contribution in [0.1, 0.15) is 239 Å². The van der Waals surface area contributed by atoms with Crippen LogP contribution in [0.25, 0.3) is 0 Å². The van der Waals surface area contributed by atoms with Crippen molar-refractivity contribution in [3.8, 4) is 0 Å². The molecule has 58 heavy (non-hydrogen) atoms. The number of aliphatic carboxylic acids is 2. The molecule has 9 nitrogen and oxygen atoms in total. The number of rotatable bonds is 44. The summed E-state index contributed by atoms with van der Waals surface area (Å²) in [5.74, 6) is -0.490. The molecule has 1 atom stereocenters. The highest BCUT2D eigenvalue weighted by atomic mass is 16.5. The molecule has 0 aromatic carbocycles. The molecule has 0 aromatic heterocycles. The topological polar surface area (TPSA) is 130 Å². The Hall–Kier alpha value is -2.16. The van der Waals surface area contributed by atoms with Crippen LogP contribution in [0.15, 0.2) is 0 Å². The fourth-order valence-corrected chi connectivity index (χ4v) is 8.37. The zero-order valence-corrected chi connectivity index (χ0v) is 38.6. The van der Waals surface area contributed by atoms with Crippen LogP contribution in [0.5, 0.6) is 0 Å². The van der Waals surface area contributed by atoms with Crippen LogP contribution in [0.4, 0.5) is 0 Å². The zero-order chi connectivity index (χ0) is 43.1. The number of hydrogen-bond donors (Lipinski definition) is 2. The summed E-state index contributed by atoms with van der Waals surface area (Å²) >= 11 is 0. The molecule has 0 bridgehead atoms. The fraction of sp³-hybridized carbons (Fsp3) is 0.918. The van der Waals surface area contributed by atoms with Crippen LogP contribution in [-0.4, -0.2) is 72.8 Å². The van der Waals surface area contributed by atoms with Gasteiger partial charge in [0, 0.05) is 31.1 Å². The third-order valence-electron chi connectivity index (χ3n) is 12.2. The van der Waals surface area contributed by atoms with Gasteiger partial charge in [-0.2, -0.15) is 0 Å². The molecule has 1 unspecified atom stereocenters. The molecule has 9 heteroatoms. The minimum Gasteiger partial charge on any atom is -0.481 e. The molecule has 0 rings (SSSR count). The lowest BCUT2D eigenvalue weighted by atomic mass is 9.78. The van der Waals surface area contributed by atoms with Gasteiger partial charge in [-0.1, -0.05) is 168 Å². The van der Waals surface area contributed by atoms with Crippen molar-refractivity contribution in [2.45, 2.75) is 239 Å². The quantitative estimate of drug-likeness (QED) is 0.0455. The molecular formula is C49H93NO8. The van der Waals surface area contributed by atoms with Gasteiger partial charge in [-0.15, -0.1) is 0 Å². The average molecular weight is 824 g/mol. The van der Waals surface area contributed by atoms with E-state index < -0.39 is 17.4 Å². The van der Waals surface area contributed by atoms with Crippen LogP contribution < -0.4 is 0 Å². The maximum Gasteiger partial charge on any atom is 0.305 e. The maximum atomic E-state index is 13.6. The van der Waals surface area contributed by atoms with Gasteiger partial charge < -0.3 is 24.6 Å². The van der Waals surface area contributed by atoms with Crippen LogP contribution in [0.3, 0.4) is 0 Å². The van der Waals surface area contributed by atoms with Gasteiger partial charge in [0.1, 0.15) is 13.2 Å². The van der Waals surface area contributed by atoms with E-state index in [1.165, 1.54) is 57.8 Å². The lowest BCUT2D eigenvalue weighted by Crippen LogP contribution is -2.35. The van der Waals surface area contributed by atoms with Gasteiger partial charge in [0.25, 0.3) is 0 Å². The molecule has 2 N–H and O–H groups in total. The molecule has 0 fully saturated rings. The number of unbranched alkanes of at least 4 members (excludes halogenated alkanes) is 18. The summed E-state index contributed by atoms with van der Waals surface area (Å²) in [5, 5.41) is 17.8. The number of carbonyl (C=O) groups is 4. The first-order valence-electron chi connectivity index (χ1n) is 24.4. The Balaban J connectivity index is 5.71. The van der Waals surface area contributed by atoms with Crippen molar-refractivity contribution in [1.29, 1.82) is 0 Å². The standard InChI is InChI=1S/C49H93NO8/c1-6-9-30-43(31-10-7-2)44(32-11-8-3)36-37-48(56)58-42-49(41-57-47(55)35-26-29-40-50(4)5,38-27-22-18-14-12-16-20-24-33-45(51)52)39-28-23-19-15-13-17-21-25-34-46(53)54/h43-44H,6-42H2,1-5H3,(H,51,52)(H,53,54). The molecule has 0 aliphatic heterocycles. The number of carbonyl (C=O) groups excluding carboxylic acids is 2. The summed E-state index contributed by atoms with van der Waals surface area (Å²) in [6, 6.07) is 0. The van der Waals surface area contributed by atoms with Crippen molar-refractivity contribution in [3.63, 3.8) is 0 Å². The van der Waals surface area contributed by atoms with E-state index >= 15 is 0 Å². The molecule has 0 amide bonds. The molecule has 0 heterocycles. The molecule has 0 radical (unpaired) electrons. The molecule has 0 saturated heterocycles. The minimum absolute atomic E-state index is 0.114. The molecular weight excluding hydrogens is 731 g/mol. The Labute approximate surface area is 356 Å². The molecule has 0 saturated carbocycles. The molecule has 0 aliphatic carbocycles. The lowest BCUT2D eigenvalue weighted by molar-refractivity contribution is -0.155. The van der Waals surface area contributed by atoms with Crippen LogP contribution in [-0.2, 0) is 28.7 Å². The minimum atomic E-state index is -0.719. The first-order valence-corrected chi connectivity index (χ1v) is 24.4. The highest BCUT2D eigenvalue weighted by Crippen LogP contribution is 2.35. The largest absolute Gasteiger partial charge is 0.481 e. The average Bonchev–Trinajstić information content (AvgIpc) is 3.19. The van der Waals surface area contributed by atoms with E-state index in [1.807, 2.05) is 14.1 Å². The number of esters is 2. The molecule has 342 valence electrons. The predicted octanol–water partition coefficient (Wildman–Crippen LogP) is 13.3.